The maximum atomic E-state index is 11.4. The molecule has 0 aromatic heterocycles. The monoisotopic (exact) mass is 339 g/mol. The Morgan fingerprint density at radius 1 is 1.05 bits per heavy atom. The van der Waals surface area contributed by atoms with Crippen LogP contribution in [0.15, 0.2) is 0 Å². The predicted molar refractivity (Wildman–Crippen MR) is 77.5 cm³/mol. The average molecular weight is 339 g/mol. The molecule has 9 heteroatoms. The molecule has 0 aromatic carbocycles. The van der Waals surface area contributed by atoms with Gasteiger partial charge in [0, 0.05) is 19.2 Å². The molecule has 21 heavy (non-hydrogen) atoms. The van der Waals surface area contributed by atoms with Gasteiger partial charge in [0.15, 0.2) is 19.7 Å². The van der Waals surface area contributed by atoms with Gasteiger partial charge in [0.05, 0.1) is 29.1 Å². The number of amides is 1. The van der Waals surface area contributed by atoms with Crippen molar-refractivity contribution in [3.63, 3.8) is 0 Å². The highest BCUT2D eigenvalue weighted by Gasteiger charge is 2.32. The van der Waals surface area contributed by atoms with Crippen LogP contribution in [0.3, 0.4) is 0 Å². The molecule has 2 atom stereocenters. The van der Waals surface area contributed by atoms with Gasteiger partial charge in [-0.05, 0) is 19.3 Å². The Labute approximate surface area is 125 Å². The van der Waals surface area contributed by atoms with Gasteiger partial charge in [0.2, 0.25) is 6.41 Å². The van der Waals surface area contributed by atoms with Crippen LogP contribution in [0.1, 0.15) is 19.3 Å². The Hall–Kier alpha value is -0.670. The first kappa shape index (κ1) is 16.7. The molecule has 2 fully saturated rings. The topological polar surface area (TPSA) is 97.8 Å². The molecule has 2 heterocycles. The third kappa shape index (κ3) is 4.93. The van der Waals surface area contributed by atoms with E-state index in [1.165, 1.54) is 4.90 Å². The molecule has 2 unspecified atom stereocenters. The van der Waals surface area contributed by atoms with Gasteiger partial charge < -0.3 is 9.64 Å². The van der Waals surface area contributed by atoms with E-state index in [1.54, 1.807) is 0 Å². The highest BCUT2D eigenvalue weighted by Crippen LogP contribution is 2.17. The largest absolute Gasteiger partial charge is 0.377 e. The third-order valence-electron chi connectivity index (χ3n) is 3.92. The summed E-state index contributed by atoms with van der Waals surface area (Å²) in [6.07, 6.45) is 2.03. The van der Waals surface area contributed by atoms with E-state index in [-0.39, 0.29) is 35.2 Å². The number of nitrogens with zero attached hydrogens (tertiary/aromatic N) is 1. The van der Waals surface area contributed by atoms with Crippen LogP contribution in [0, 0.1) is 0 Å². The fourth-order valence-corrected chi connectivity index (χ4v) is 6.11. The zero-order valence-corrected chi connectivity index (χ0v) is 13.4. The number of rotatable bonds is 7. The molecule has 2 rings (SSSR count). The summed E-state index contributed by atoms with van der Waals surface area (Å²) in [7, 11) is -5.94. The summed E-state index contributed by atoms with van der Waals surface area (Å²) in [5.74, 6) is 0.426. The van der Waals surface area contributed by atoms with Gasteiger partial charge in [0.25, 0.3) is 0 Å². The summed E-state index contributed by atoms with van der Waals surface area (Å²) < 4.78 is 50.8. The molecule has 2 saturated heterocycles. The SMILES string of the molecule is O=CN(CCCOC1CCS(=O)(=O)C1)C1CCS(=O)(=O)C1. The number of hydrogen-bond donors (Lipinski definition) is 0. The van der Waals surface area contributed by atoms with Crippen LogP contribution >= 0.6 is 0 Å². The lowest BCUT2D eigenvalue weighted by molar-refractivity contribution is -0.120. The Morgan fingerprint density at radius 2 is 1.71 bits per heavy atom. The van der Waals surface area contributed by atoms with E-state index in [0.717, 1.165) is 0 Å². The van der Waals surface area contributed by atoms with Gasteiger partial charge in [-0.2, -0.15) is 0 Å². The van der Waals surface area contributed by atoms with Crippen LogP contribution in [0.5, 0.6) is 0 Å². The van der Waals surface area contributed by atoms with Crippen molar-refractivity contribution in [1.82, 2.24) is 4.90 Å². The van der Waals surface area contributed by atoms with Crippen molar-refractivity contribution < 1.29 is 26.4 Å². The summed E-state index contributed by atoms with van der Waals surface area (Å²) in [6, 6.07) is -0.237. The highest BCUT2D eigenvalue weighted by molar-refractivity contribution is 7.91. The van der Waals surface area contributed by atoms with Gasteiger partial charge in [-0.3, -0.25) is 4.79 Å². The molecular formula is C12H21NO6S2. The normalized spacial score (nSPS) is 30.3. The van der Waals surface area contributed by atoms with E-state index in [1.807, 2.05) is 0 Å². The second-order valence-corrected chi connectivity index (χ2v) is 10.1. The Balaban J connectivity index is 1.69. The number of ether oxygens (including phenoxy) is 1. The first-order valence-electron chi connectivity index (χ1n) is 7.05. The summed E-state index contributed by atoms with van der Waals surface area (Å²) >= 11 is 0. The van der Waals surface area contributed by atoms with Crippen molar-refractivity contribution in [2.45, 2.75) is 31.4 Å². The minimum Gasteiger partial charge on any atom is -0.377 e. The van der Waals surface area contributed by atoms with Crippen LogP contribution in [0.25, 0.3) is 0 Å². The van der Waals surface area contributed by atoms with E-state index in [0.29, 0.717) is 38.8 Å². The maximum Gasteiger partial charge on any atom is 0.209 e. The van der Waals surface area contributed by atoms with Crippen molar-refractivity contribution in [2.24, 2.45) is 0 Å². The van der Waals surface area contributed by atoms with Crippen molar-refractivity contribution in [3.8, 4) is 0 Å². The third-order valence-corrected chi connectivity index (χ3v) is 7.41. The van der Waals surface area contributed by atoms with Crippen LogP contribution in [0.4, 0.5) is 0 Å². The van der Waals surface area contributed by atoms with E-state index >= 15 is 0 Å². The smallest absolute Gasteiger partial charge is 0.209 e. The fourth-order valence-electron chi connectivity index (χ4n) is 2.75. The molecule has 2 aliphatic heterocycles. The van der Waals surface area contributed by atoms with Crippen LogP contribution < -0.4 is 0 Å². The summed E-state index contributed by atoms with van der Waals surface area (Å²) in [4.78, 5) is 12.6. The standard InChI is InChI=1S/C12H21NO6S2/c14-10-13(11-2-6-20(15,16)8-11)4-1-5-19-12-3-7-21(17,18)9-12/h10-12H,1-9H2. The van der Waals surface area contributed by atoms with Crippen LogP contribution in [0.2, 0.25) is 0 Å². The Morgan fingerprint density at radius 3 is 2.24 bits per heavy atom. The van der Waals surface area contributed by atoms with Crippen LogP contribution in [-0.4, -0.2) is 76.5 Å². The molecule has 2 aliphatic rings. The highest BCUT2D eigenvalue weighted by atomic mass is 32.2. The van der Waals surface area contributed by atoms with E-state index < -0.39 is 19.7 Å². The van der Waals surface area contributed by atoms with Crippen molar-refractivity contribution in [3.05, 3.63) is 0 Å². The minimum atomic E-state index is -3.01. The molecule has 0 N–H and O–H groups in total. The summed E-state index contributed by atoms with van der Waals surface area (Å²) in [5, 5.41) is 0. The van der Waals surface area contributed by atoms with E-state index in [4.69, 9.17) is 4.74 Å². The predicted octanol–water partition coefficient (Wildman–Crippen LogP) is -0.774. The Kier molecular flexibility index (Phi) is 5.26. The van der Waals surface area contributed by atoms with Gasteiger partial charge >= 0.3 is 0 Å². The first-order valence-corrected chi connectivity index (χ1v) is 10.7. The fraction of sp³-hybridized carbons (Fsp3) is 0.917. The molecule has 0 aliphatic carbocycles. The minimum absolute atomic E-state index is 0.0352. The lowest BCUT2D eigenvalue weighted by Gasteiger charge is -2.23. The van der Waals surface area contributed by atoms with E-state index in [9.17, 15) is 21.6 Å². The molecule has 1 amide bonds. The summed E-state index contributed by atoms with van der Waals surface area (Å²) in [5.41, 5.74) is 0. The molecular weight excluding hydrogens is 318 g/mol. The zero-order chi connectivity index (χ0) is 15.5. The van der Waals surface area contributed by atoms with E-state index in [2.05, 4.69) is 0 Å². The van der Waals surface area contributed by atoms with Gasteiger partial charge in [0.1, 0.15) is 0 Å². The maximum absolute atomic E-state index is 11.4. The first-order chi connectivity index (χ1) is 9.81. The zero-order valence-electron chi connectivity index (χ0n) is 11.8. The average Bonchev–Trinajstić information content (AvgIpc) is 2.92. The molecule has 0 bridgehead atoms. The van der Waals surface area contributed by atoms with Crippen molar-refractivity contribution in [2.75, 3.05) is 36.2 Å². The molecule has 0 spiro atoms. The molecule has 0 saturated carbocycles. The van der Waals surface area contributed by atoms with Gasteiger partial charge in [-0.1, -0.05) is 0 Å². The lowest BCUT2D eigenvalue weighted by atomic mass is 10.2. The molecule has 0 aromatic rings. The second kappa shape index (κ2) is 6.62. The number of carbonyl (C=O) groups is 1. The quantitative estimate of drug-likeness (QED) is 0.446. The van der Waals surface area contributed by atoms with Crippen molar-refractivity contribution >= 4 is 26.1 Å². The van der Waals surface area contributed by atoms with Crippen LogP contribution in [-0.2, 0) is 29.2 Å². The summed E-state index contributed by atoms with van der Waals surface area (Å²) in [6.45, 7) is 0.813. The number of hydrogen-bond acceptors (Lipinski definition) is 6. The van der Waals surface area contributed by atoms with Gasteiger partial charge in [-0.15, -0.1) is 0 Å². The second-order valence-electron chi connectivity index (χ2n) is 5.65. The Bertz CT molecular complexity index is 571. The molecule has 0 radical (unpaired) electrons. The van der Waals surface area contributed by atoms with Gasteiger partial charge in [-0.25, -0.2) is 16.8 Å². The number of sulfone groups is 2. The molecule has 7 nitrogen and oxygen atoms in total. The number of carbonyl (C=O) groups excluding carboxylic acids is 1. The van der Waals surface area contributed by atoms with Crippen molar-refractivity contribution in [1.29, 1.82) is 0 Å². The molecule has 122 valence electrons. The lowest BCUT2D eigenvalue weighted by Crippen LogP contribution is -2.36.